The van der Waals surface area contributed by atoms with Crippen LogP contribution in [0.15, 0.2) is 54.9 Å². The van der Waals surface area contributed by atoms with Crippen molar-refractivity contribution >= 4 is 0 Å². The predicted molar refractivity (Wildman–Crippen MR) is 86.9 cm³/mol. The van der Waals surface area contributed by atoms with Crippen LogP contribution in [0.2, 0.25) is 0 Å². The number of aromatic nitrogens is 4. The molecule has 2 aromatic carbocycles. The Kier molecular flexibility index (Phi) is 4.93. The van der Waals surface area contributed by atoms with Crippen LogP contribution in [0.4, 0.5) is 4.39 Å². The minimum Gasteiger partial charge on any atom is -0.387 e. The Labute approximate surface area is 138 Å². The second kappa shape index (κ2) is 7.29. The molecule has 0 aliphatic carbocycles. The van der Waals surface area contributed by atoms with Crippen LogP contribution in [-0.4, -0.2) is 31.9 Å². The van der Waals surface area contributed by atoms with E-state index in [-0.39, 0.29) is 12.6 Å². The molecule has 0 fully saturated rings. The van der Waals surface area contributed by atoms with Crippen molar-refractivity contribution in [3.63, 3.8) is 0 Å². The third-order valence-electron chi connectivity index (χ3n) is 3.89. The van der Waals surface area contributed by atoms with Crippen LogP contribution in [0, 0.1) is 5.82 Å². The van der Waals surface area contributed by atoms with Crippen LogP contribution in [0.3, 0.4) is 0 Å². The number of rotatable bonds is 6. The van der Waals surface area contributed by atoms with Crippen molar-refractivity contribution in [1.82, 2.24) is 25.5 Å². The molecule has 0 radical (unpaired) electrons. The highest BCUT2D eigenvalue weighted by molar-refractivity contribution is 5.34. The first-order chi connectivity index (χ1) is 11.6. The first kappa shape index (κ1) is 16.2. The third-order valence-corrected chi connectivity index (χ3v) is 3.89. The zero-order chi connectivity index (χ0) is 16.9. The Morgan fingerprint density at radius 1 is 1.17 bits per heavy atom. The van der Waals surface area contributed by atoms with Gasteiger partial charge >= 0.3 is 0 Å². The van der Waals surface area contributed by atoms with Crippen molar-refractivity contribution < 1.29 is 9.50 Å². The van der Waals surface area contributed by atoms with Crippen LogP contribution in [0.1, 0.15) is 30.2 Å². The SMILES string of the molecule is CC(NCC(O)c1ccccc1F)c1ccc(-n2cnnn2)cc1. The lowest BCUT2D eigenvalue weighted by molar-refractivity contribution is 0.166. The monoisotopic (exact) mass is 327 g/mol. The Bertz CT molecular complexity index is 776. The number of tetrazole rings is 1. The van der Waals surface area contributed by atoms with Crippen LogP contribution in [-0.2, 0) is 0 Å². The van der Waals surface area contributed by atoms with E-state index in [9.17, 15) is 9.50 Å². The molecule has 1 aromatic heterocycles. The summed E-state index contributed by atoms with van der Waals surface area (Å²) >= 11 is 0. The number of aliphatic hydroxyl groups is 1. The molecule has 2 N–H and O–H groups in total. The lowest BCUT2D eigenvalue weighted by Crippen LogP contribution is -2.25. The van der Waals surface area contributed by atoms with Gasteiger partial charge in [-0.2, -0.15) is 0 Å². The summed E-state index contributed by atoms with van der Waals surface area (Å²) in [7, 11) is 0. The van der Waals surface area contributed by atoms with Crippen LogP contribution < -0.4 is 5.32 Å². The van der Waals surface area contributed by atoms with Gasteiger partial charge in [-0.15, -0.1) is 5.10 Å². The van der Waals surface area contributed by atoms with Crippen molar-refractivity contribution in [2.75, 3.05) is 6.54 Å². The average molecular weight is 327 g/mol. The standard InChI is InChI=1S/C17H18FN5O/c1-12(19-10-17(24)15-4-2-3-5-16(15)18)13-6-8-14(9-7-13)23-11-20-21-22-23/h2-9,11-12,17,19,24H,10H2,1H3. The van der Waals surface area contributed by atoms with E-state index in [1.807, 2.05) is 31.2 Å². The molecule has 24 heavy (non-hydrogen) atoms. The molecular weight excluding hydrogens is 309 g/mol. The highest BCUT2D eigenvalue weighted by atomic mass is 19.1. The minimum atomic E-state index is -0.894. The fourth-order valence-corrected chi connectivity index (χ4v) is 2.46. The van der Waals surface area contributed by atoms with Gasteiger partial charge in [-0.05, 0) is 41.1 Å². The van der Waals surface area contributed by atoms with E-state index in [1.54, 1.807) is 22.9 Å². The van der Waals surface area contributed by atoms with Crippen molar-refractivity contribution in [2.24, 2.45) is 0 Å². The molecule has 0 amide bonds. The number of benzene rings is 2. The highest BCUT2D eigenvalue weighted by Crippen LogP contribution is 2.19. The van der Waals surface area contributed by atoms with Gasteiger partial charge in [-0.25, -0.2) is 9.07 Å². The van der Waals surface area contributed by atoms with Gasteiger partial charge in [0.25, 0.3) is 0 Å². The Balaban J connectivity index is 1.61. The van der Waals surface area contributed by atoms with Gasteiger partial charge in [0.05, 0.1) is 11.8 Å². The maximum Gasteiger partial charge on any atom is 0.143 e. The maximum atomic E-state index is 13.7. The molecule has 1 heterocycles. The summed E-state index contributed by atoms with van der Waals surface area (Å²) in [6.45, 7) is 2.25. The fraction of sp³-hybridized carbons (Fsp3) is 0.235. The van der Waals surface area contributed by atoms with E-state index < -0.39 is 11.9 Å². The molecule has 2 unspecified atom stereocenters. The van der Waals surface area contributed by atoms with E-state index in [4.69, 9.17) is 0 Å². The second-order valence-corrected chi connectivity index (χ2v) is 5.51. The van der Waals surface area contributed by atoms with Crippen molar-refractivity contribution in [1.29, 1.82) is 0 Å². The molecule has 6 nitrogen and oxygen atoms in total. The number of nitrogens with one attached hydrogen (secondary N) is 1. The minimum absolute atomic E-state index is 0.00865. The normalized spacial score (nSPS) is 13.6. The smallest absolute Gasteiger partial charge is 0.143 e. The lowest BCUT2D eigenvalue weighted by atomic mass is 10.1. The molecule has 0 bridgehead atoms. The van der Waals surface area contributed by atoms with Crippen LogP contribution in [0.25, 0.3) is 5.69 Å². The van der Waals surface area contributed by atoms with Gasteiger partial charge < -0.3 is 10.4 Å². The van der Waals surface area contributed by atoms with E-state index in [0.29, 0.717) is 5.56 Å². The summed E-state index contributed by atoms with van der Waals surface area (Å²) in [5.41, 5.74) is 2.21. The molecule has 2 atom stereocenters. The zero-order valence-electron chi connectivity index (χ0n) is 13.2. The second-order valence-electron chi connectivity index (χ2n) is 5.51. The van der Waals surface area contributed by atoms with Gasteiger partial charge in [0.15, 0.2) is 0 Å². The zero-order valence-corrected chi connectivity index (χ0v) is 13.2. The maximum absolute atomic E-state index is 13.7. The Hall–Kier alpha value is -2.64. The summed E-state index contributed by atoms with van der Waals surface area (Å²) in [5, 5.41) is 24.4. The van der Waals surface area contributed by atoms with Crippen molar-refractivity contribution in [3.8, 4) is 5.69 Å². The number of aliphatic hydroxyl groups excluding tert-OH is 1. The highest BCUT2D eigenvalue weighted by Gasteiger charge is 2.14. The van der Waals surface area contributed by atoms with Crippen LogP contribution >= 0.6 is 0 Å². The average Bonchev–Trinajstić information content (AvgIpc) is 3.14. The molecule has 0 aliphatic heterocycles. The quantitative estimate of drug-likeness (QED) is 0.726. The molecule has 3 aromatic rings. The van der Waals surface area contributed by atoms with Crippen molar-refractivity contribution in [2.45, 2.75) is 19.1 Å². The number of hydrogen-bond donors (Lipinski definition) is 2. The van der Waals surface area contributed by atoms with Gasteiger partial charge in [0, 0.05) is 18.2 Å². The van der Waals surface area contributed by atoms with Gasteiger partial charge in [-0.3, -0.25) is 0 Å². The Morgan fingerprint density at radius 3 is 2.58 bits per heavy atom. The molecule has 124 valence electrons. The first-order valence-corrected chi connectivity index (χ1v) is 7.64. The summed E-state index contributed by atoms with van der Waals surface area (Å²) in [6, 6.07) is 14.0. The Morgan fingerprint density at radius 2 is 1.92 bits per heavy atom. The number of halogens is 1. The topological polar surface area (TPSA) is 75.9 Å². The van der Waals surface area contributed by atoms with Gasteiger partial charge in [-0.1, -0.05) is 30.3 Å². The molecule has 3 rings (SSSR count). The predicted octanol–water partition coefficient (Wildman–Crippen LogP) is 2.19. The number of nitrogens with zero attached hydrogens (tertiary/aromatic N) is 4. The molecular formula is C17H18FN5O. The summed E-state index contributed by atoms with van der Waals surface area (Å²) in [6.07, 6.45) is 0.635. The summed E-state index contributed by atoms with van der Waals surface area (Å²) in [5.74, 6) is -0.398. The summed E-state index contributed by atoms with van der Waals surface area (Å²) < 4.78 is 15.2. The lowest BCUT2D eigenvalue weighted by Gasteiger charge is -2.18. The largest absolute Gasteiger partial charge is 0.387 e. The molecule has 0 saturated heterocycles. The van der Waals surface area contributed by atoms with E-state index in [2.05, 4.69) is 20.8 Å². The van der Waals surface area contributed by atoms with E-state index in [1.165, 1.54) is 12.4 Å². The van der Waals surface area contributed by atoms with E-state index in [0.717, 1.165) is 11.3 Å². The van der Waals surface area contributed by atoms with Crippen LogP contribution in [0.5, 0.6) is 0 Å². The molecule has 0 spiro atoms. The molecule has 0 saturated carbocycles. The first-order valence-electron chi connectivity index (χ1n) is 7.64. The fourth-order valence-electron chi connectivity index (χ4n) is 2.46. The molecule has 7 heteroatoms. The van der Waals surface area contributed by atoms with Gasteiger partial charge in [0.1, 0.15) is 12.1 Å². The summed E-state index contributed by atoms with van der Waals surface area (Å²) in [4.78, 5) is 0. The third kappa shape index (κ3) is 3.64. The molecule has 0 aliphatic rings. The van der Waals surface area contributed by atoms with E-state index >= 15 is 0 Å². The van der Waals surface area contributed by atoms with Crippen molar-refractivity contribution in [3.05, 3.63) is 71.8 Å². The van der Waals surface area contributed by atoms with Gasteiger partial charge in [0.2, 0.25) is 0 Å². The number of hydrogen-bond acceptors (Lipinski definition) is 5.